The molecule has 0 bridgehead atoms. The maximum absolute atomic E-state index is 6.19. The molecule has 2 heteroatoms. The van der Waals surface area contributed by atoms with Crippen LogP contribution in [0.3, 0.4) is 0 Å². The Kier molecular flexibility index (Phi) is 8.55. The zero-order valence-electron chi connectivity index (χ0n) is 30.7. The molecular weight excluding hydrogens is 679 g/mol. The van der Waals surface area contributed by atoms with Gasteiger partial charge < -0.3 is 9.32 Å². The molecule has 1 aromatic heterocycles. The summed E-state index contributed by atoms with van der Waals surface area (Å²) in [7, 11) is 0. The summed E-state index contributed by atoms with van der Waals surface area (Å²) in [6, 6.07) is 80.1. The Hall–Kier alpha value is -7.42. The molecule has 0 aliphatic carbocycles. The van der Waals surface area contributed by atoms with E-state index in [9.17, 15) is 0 Å². The smallest absolute Gasteiger partial charge is 0.135 e. The van der Waals surface area contributed by atoms with Crippen LogP contribution in [-0.2, 0) is 0 Å². The van der Waals surface area contributed by atoms with Gasteiger partial charge in [-0.15, -0.1) is 0 Å². The summed E-state index contributed by atoms with van der Waals surface area (Å²) < 4.78 is 6.19. The molecule has 2 nitrogen and oxygen atoms in total. The van der Waals surface area contributed by atoms with Gasteiger partial charge in [0.1, 0.15) is 11.3 Å². The monoisotopic (exact) mass is 715 g/mol. The van der Waals surface area contributed by atoms with Crippen molar-refractivity contribution < 1.29 is 4.42 Å². The molecular formula is C54H37NO. The maximum atomic E-state index is 6.19. The Morgan fingerprint density at radius 3 is 1.50 bits per heavy atom. The van der Waals surface area contributed by atoms with Crippen molar-refractivity contribution in [2.24, 2.45) is 0 Å². The van der Waals surface area contributed by atoms with E-state index in [1.165, 1.54) is 49.7 Å². The molecule has 0 aliphatic rings. The predicted octanol–water partition coefficient (Wildman–Crippen LogP) is 15.4. The quantitative estimate of drug-likeness (QED) is 0.156. The molecule has 0 amide bonds. The highest BCUT2D eigenvalue weighted by Crippen LogP contribution is 2.41. The highest BCUT2D eigenvalue weighted by molar-refractivity contribution is 5.94. The van der Waals surface area contributed by atoms with Crippen LogP contribution >= 0.6 is 0 Å². The normalized spacial score (nSPS) is 11.2. The van der Waals surface area contributed by atoms with E-state index in [2.05, 4.69) is 211 Å². The number of benzene rings is 9. The van der Waals surface area contributed by atoms with Crippen LogP contribution < -0.4 is 4.90 Å². The summed E-state index contributed by atoms with van der Waals surface area (Å²) in [6.45, 7) is 0. The van der Waals surface area contributed by atoms with Crippen molar-refractivity contribution in [3.63, 3.8) is 0 Å². The van der Waals surface area contributed by atoms with Crippen LogP contribution in [0.5, 0.6) is 0 Å². The van der Waals surface area contributed by atoms with Crippen LogP contribution in [0.4, 0.5) is 17.1 Å². The number of rotatable bonds is 8. The molecule has 0 saturated carbocycles. The molecule has 0 N–H and O–H groups in total. The summed E-state index contributed by atoms with van der Waals surface area (Å²) in [6.07, 6.45) is 0. The minimum absolute atomic E-state index is 0.880. The SMILES string of the molecule is c1ccc(-c2ccccc2-c2ccccc2-c2ccc(N(c3ccccc3)c3ccc4cc(-c5cccc(-c6cc7ccccc7o6)c5)ccc4c3)cc2)cc1. The summed E-state index contributed by atoms with van der Waals surface area (Å²) in [5, 5.41) is 3.49. The van der Waals surface area contributed by atoms with Gasteiger partial charge in [-0.3, -0.25) is 0 Å². The van der Waals surface area contributed by atoms with E-state index < -0.39 is 0 Å². The number of nitrogens with zero attached hydrogens (tertiary/aromatic N) is 1. The van der Waals surface area contributed by atoms with Gasteiger partial charge in [-0.05, 0) is 116 Å². The van der Waals surface area contributed by atoms with Crippen molar-refractivity contribution >= 4 is 38.8 Å². The van der Waals surface area contributed by atoms with E-state index in [4.69, 9.17) is 4.42 Å². The largest absolute Gasteiger partial charge is 0.456 e. The Labute approximate surface area is 327 Å². The van der Waals surface area contributed by atoms with Crippen LogP contribution in [0.15, 0.2) is 229 Å². The average Bonchev–Trinajstić information content (AvgIpc) is 3.72. The third kappa shape index (κ3) is 6.34. The molecule has 0 fully saturated rings. The summed E-state index contributed by atoms with van der Waals surface area (Å²) in [4.78, 5) is 2.34. The molecule has 9 aromatic carbocycles. The maximum Gasteiger partial charge on any atom is 0.135 e. The first-order valence-electron chi connectivity index (χ1n) is 19.1. The third-order valence-electron chi connectivity index (χ3n) is 10.7. The van der Waals surface area contributed by atoms with Crippen LogP contribution in [0.25, 0.3) is 77.6 Å². The van der Waals surface area contributed by atoms with Gasteiger partial charge in [0, 0.05) is 28.0 Å². The van der Waals surface area contributed by atoms with Crippen molar-refractivity contribution in [1.82, 2.24) is 0 Å². The number of hydrogen-bond donors (Lipinski definition) is 0. The zero-order chi connectivity index (χ0) is 37.3. The van der Waals surface area contributed by atoms with Gasteiger partial charge in [-0.25, -0.2) is 0 Å². The standard InChI is InChI=1S/C54H37NO/c1-3-14-38(15-4-1)49-21-8-10-23-51(49)52-24-11-9-22-50(52)39-28-31-47(32-29-39)55(46-19-5-2-6-20-46)48-33-30-42-34-41(26-27-43(42)36-48)40-17-13-18-44(35-40)54-37-45-16-7-12-25-53(45)56-54/h1-37H. The number of anilines is 3. The first kappa shape index (κ1) is 33.2. The fraction of sp³-hybridized carbons (Fsp3) is 0. The Balaban J connectivity index is 0.984. The van der Waals surface area contributed by atoms with Gasteiger partial charge in [-0.1, -0.05) is 164 Å². The lowest BCUT2D eigenvalue weighted by Gasteiger charge is -2.26. The van der Waals surface area contributed by atoms with Crippen molar-refractivity contribution in [3.05, 3.63) is 224 Å². The molecule has 10 rings (SSSR count). The van der Waals surface area contributed by atoms with Crippen LogP contribution in [0, 0.1) is 0 Å². The summed E-state index contributed by atoms with van der Waals surface area (Å²) in [5.41, 5.74) is 14.9. The lowest BCUT2D eigenvalue weighted by molar-refractivity contribution is 0.631. The van der Waals surface area contributed by atoms with Crippen molar-refractivity contribution in [2.45, 2.75) is 0 Å². The van der Waals surface area contributed by atoms with Crippen LogP contribution in [-0.4, -0.2) is 0 Å². The van der Waals surface area contributed by atoms with Gasteiger partial charge in [0.05, 0.1) is 0 Å². The number of hydrogen-bond acceptors (Lipinski definition) is 2. The van der Waals surface area contributed by atoms with Gasteiger partial charge in [-0.2, -0.15) is 0 Å². The second kappa shape index (κ2) is 14.4. The van der Waals surface area contributed by atoms with Gasteiger partial charge >= 0.3 is 0 Å². The van der Waals surface area contributed by atoms with E-state index in [1.54, 1.807) is 0 Å². The first-order valence-corrected chi connectivity index (χ1v) is 19.1. The van der Waals surface area contributed by atoms with Crippen LogP contribution in [0.1, 0.15) is 0 Å². The predicted molar refractivity (Wildman–Crippen MR) is 236 cm³/mol. The Morgan fingerprint density at radius 2 is 0.768 bits per heavy atom. The number of furan rings is 1. The topological polar surface area (TPSA) is 16.4 Å². The van der Waals surface area contributed by atoms with E-state index in [0.29, 0.717) is 0 Å². The van der Waals surface area contributed by atoms with Crippen LogP contribution in [0.2, 0.25) is 0 Å². The molecule has 1 heterocycles. The van der Waals surface area contributed by atoms with Crippen molar-refractivity contribution in [2.75, 3.05) is 4.90 Å². The Morgan fingerprint density at radius 1 is 0.268 bits per heavy atom. The summed E-state index contributed by atoms with van der Waals surface area (Å²) in [5.74, 6) is 0.880. The lowest BCUT2D eigenvalue weighted by atomic mass is 9.89. The van der Waals surface area contributed by atoms with Gasteiger partial charge in [0.25, 0.3) is 0 Å². The Bertz CT molecular complexity index is 2930. The molecule has 56 heavy (non-hydrogen) atoms. The second-order valence-electron chi connectivity index (χ2n) is 14.2. The minimum Gasteiger partial charge on any atom is -0.456 e. The number of fused-ring (bicyclic) bond motifs is 2. The molecule has 0 radical (unpaired) electrons. The molecule has 0 unspecified atom stereocenters. The molecule has 0 spiro atoms. The molecule has 0 atom stereocenters. The summed E-state index contributed by atoms with van der Waals surface area (Å²) >= 11 is 0. The van der Waals surface area contributed by atoms with E-state index >= 15 is 0 Å². The average molecular weight is 716 g/mol. The minimum atomic E-state index is 0.880. The van der Waals surface area contributed by atoms with Gasteiger partial charge in [0.15, 0.2) is 0 Å². The van der Waals surface area contributed by atoms with Crippen molar-refractivity contribution in [3.8, 4) is 55.8 Å². The highest BCUT2D eigenvalue weighted by Gasteiger charge is 2.16. The van der Waals surface area contributed by atoms with Gasteiger partial charge in [0.2, 0.25) is 0 Å². The highest BCUT2D eigenvalue weighted by atomic mass is 16.3. The lowest BCUT2D eigenvalue weighted by Crippen LogP contribution is -2.09. The molecule has 264 valence electrons. The molecule has 0 saturated heterocycles. The first-order chi connectivity index (χ1) is 27.7. The second-order valence-corrected chi connectivity index (χ2v) is 14.2. The fourth-order valence-electron chi connectivity index (χ4n) is 7.90. The number of para-hydroxylation sites is 2. The third-order valence-corrected chi connectivity index (χ3v) is 10.7. The van der Waals surface area contributed by atoms with E-state index in [-0.39, 0.29) is 0 Å². The fourth-order valence-corrected chi connectivity index (χ4v) is 7.90. The van der Waals surface area contributed by atoms with E-state index in [0.717, 1.165) is 44.9 Å². The molecule has 0 aliphatic heterocycles. The zero-order valence-corrected chi connectivity index (χ0v) is 30.7. The van der Waals surface area contributed by atoms with Crippen molar-refractivity contribution in [1.29, 1.82) is 0 Å². The molecule has 10 aromatic rings. The van der Waals surface area contributed by atoms with E-state index in [1.807, 2.05) is 18.2 Å².